The molecule has 2 N–H and O–H groups in total. The monoisotopic (exact) mass is 327 g/mol. The van der Waals surface area contributed by atoms with Crippen molar-refractivity contribution in [3.63, 3.8) is 0 Å². The van der Waals surface area contributed by atoms with E-state index in [-0.39, 0.29) is 11.9 Å². The number of aryl methyl sites for hydroxylation is 2. The molecule has 1 aromatic heterocycles. The Kier molecular flexibility index (Phi) is 3.50. The predicted molar refractivity (Wildman–Crippen MR) is 92.5 cm³/mol. The second kappa shape index (κ2) is 5.42. The number of thiazole rings is 1. The maximum atomic E-state index is 13.1. The highest BCUT2D eigenvalue weighted by Gasteiger charge is 2.53. The van der Waals surface area contributed by atoms with E-state index in [1.807, 2.05) is 11.8 Å². The molecule has 2 heterocycles. The van der Waals surface area contributed by atoms with E-state index in [9.17, 15) is 4.79 Å². The Bertz CT molecular complexity index is 752. The fourth-order valence-electron chi connectivity index (χ4n) is 3.72. The molecule has 1 saturated heterocycles. The van der Waals surface area contributed by atoms with Crippen molar-refractivity contribution in [2.75, 3.05) is 13.1 Å². The highest BCUT2D eigenvalue weighted by molar-refractivity contribution is 7.15. The van der Waals surface area contributed by atoms with Gasteiger partial charge in [0.15, 0.2) is 0 Å². The number of aromatic nitrogens is 1. The average molecular weight is 327 g/mol. The number of piperidine rings is 1. The van der Waals surface area contributed by atoms with E-state index in [4.69, 9.17) is 5.73 Å². The summed E-state index contributed by atoms with van der Waals surface area (Å²) in [6.45, 7) is 5.42. The fraction of sp³-hybridized carbons (Fsp3) is 0.444. The minimum absolute atomic E-state index is 0.0487. The van der Waals surface area contributed by atoms with Crippen LogP contribution in [0.4, 0.5) is 0 Å². The number of amides is 1. The first-order chi connectivity index (χ1) is 11.1. The first-order valence-corrected chi connectivity index (χ1v) is 8.95. The third-order valence-electron chi connectivity index (χ3n) is 5.06. The lowest BCUT2D eigenvalue weighted by Crippen LogP contribution is -2.43. The molecule has 1 aromatic carbocycles. The average Bonchev–Trinajstić information content (AvgIpc) is 3.04. The van der Waals surface area contributed by atoms with Gasteiger partial charge in [0.1, 0.15) is 5.69 Å². The van der Waals surface area contributed by atoms with Gasteiger partial charge < -0.3 is 10.6 Å². The second-order valence-electron chi connectivity index (χ2n) is 6.70. The summed E-state index contributed by atoms with van der Waals surface area (Å²) in [5.74, 6) is 1.33. The Morgan fingerprint density at radius 1 is 1.35 bits per heavy atom. The number of fused-ring (bicyclic) bond motifs is 1. The topological polar surface area (TPSA) is 59.2 Å². The summed E-state index contributed by atoms with van der Waals surface area (Å²) < 4.78 is 0. The van der Waals surface area contributed by atoms with Crippen molar-refractivity contribution in [3.8, 4) is 10.4 Å². The lowest BCUT2D eigenvalue weighted by atomic mass is 10.1. The molecule has 0 radical (unpaired) electrons. The van der Waals surface area contributed by atoms with Crippen LogP contribution in [0, 0.1) is 25.7 Å². The molecule has 120 valence electrons. The molecule has 1 amide bonds. The van der Waals surface area contributed by atoms with Crippen molar-refractivity contribution < 1.29 is 4.79 Å². The van der Waals surface area contributed by atoms with E-state index < -0.39 is 0 Å². The number of rotatable bonds is 3. The first-order valence-electron chi connectivity index (χ1n) is 8.14. The summed E-state index contributed by atoms with van der Waals surface area (Å²) in [5, 5.41) is 0.928. The molecule has 4 rings (SSSR count). The summed E-state index contributed by atoms with van der Waals surface area (Å²) in [4.78, 5) is 20.6. The summed E-state index contributed by atoms with van der Waals surface area (Å²) in [5.41, 5.74) is 8.79. The predicted octanol–water partition coefficient (Wildman–Crippen LogP) is 2.85. The Morgan fingerprint density at radius 3 is 2.78 bits per heavy atom. The fourth-order valence-corrected chi connectivity index (χ4v) is 4.63. The third-order valence-corrected chi connectivity index (χ3v) is 6.08. The largest absolute Gasteiger partial charge is 0.332 e. The first kappa shape index (κ1) is 14.8. The van der Waals surface area contributed by atoms with Gasteiger partial charge in [0, 0.05) is 19.1 Å². The number of hydrogen-bond acceptors (Lipinski definition) is 4. The van der Waals surface area contributed by atoms with Crippen LogP contribution in [0.1, 0.15) is 27.5 Å². The van der Waals surface area contributed by atoms with E-state index in [0.717, 1.165) is 22.0 Å². The van der Waals surface area contributed by atoms with Gasteiger partial charge >= 0.3 is 0 Å². The Hall–Kier alpha value is -1.72. The number of likely N-dealkylation sites (tertiary alicyclic amines) is 1. The van der Waals surface area contributed by atoms with E-state index in [1.54, 1.807) is 11.3 Å². The van der Waals surface area contributed by atoms with Gasteiger partial charge in [0.05, 0.1) is 9.88 Å². The molecule has 2 aromatic rings. The zero-order valence-electron chi connectivity index (χ0n) is 13.5. The van der Waals surface area contributed by atoms with Crippen LogP contribution < -0.4 is 5.73 Å². The highest BCUT2D eigenvalue weighted by Crippen LogP contribution is 2.49. The smallest absolute Gasteiger partial charge is 0.274 e. The van der Waals surface area contributed by atoms with Gasteiger partial charge in [-0.1, -0.05) is 29.8 Å². The molecule has 5 heteroatoms. The molecule has 0 spiro atoms. The summed E-state index contributed by atoms with van der Waals surface area (Å²) in [6, 6.07) is 8.49. The van der Waals surface area contributed by atoms with E-state index >= 15 is 0 Å². The van der Waals surface area contributed by atoms with Crippen LogP contribution in [-0.2, 0) is 0 Å². The molecule has 1 saturated carbocycles. The standard InChI is InChI=1S/C18H21N3OS/c1-10-3-5-12(6-4-10)17-16(20-11(2)23-17)18(22)21-9-13-7-14(13)15(21)8-19/h3-6,13-15H,7-9,19H2,1-2H3/t13-,14-,15+/m0/s1. The molecule has 1 aliphatic heterocycles. The molecule has 1 aliphatic carbocycles. The van der Waals surface area contributed by atoms with Crippen LogP contribution in [0.5, 0.6) is 0 Å². The van der Waals surface area contributed by atoms with Gasteiger partial charge in [0.25, 0.3) is 5.91 Å². The van der Waals surface area contributed by atoms with Crippen molar-refractivity contribution >= 4 is 17.2 Å². The normalized spacial score (nSPS) is 25.5. The second-order valence-corrected chi connectivity index (χ2v) is 7.90. The molecule has 0 unspecified atom stereocenters. The molecule has 0 bridgehead atoms. The molecule has 4 nitrogen and oxygen atoms in total. The summed E-state index contributed by atoms with van der Waals surface area (Å²) in [6.07, 6.45) is 1.23. The number of carbonyl (C=O) groups excluding carboxylic acids is 1. The summed E-state index contributed by atoms with van der Waals surface area (Å²) in [7, 11) is 0. The molecule has 23 heavy (non-hydrogen) atoms. The molecular weight excluding hydrogens is 306 g/mol. The van der Waals surface area contributed by atoms with Crippen molar-refractivity contribution in [2.45, 2.75) is 26.3 Å². The molecule has 2 fully saturated rings. The van der Waals surface area contributed by atoms with E-state index in [2.05, 4.69) is 36.2 Å². The number of hydrogen-bond donors (Lipinski definition) is 1. The van der Waals surface area contributed by atoms with Crippen LogP contribution in [0.25, 0.3) is 10.4 Å². The number of benzene rings is 1. The van der Waals surface area contributed by atoms with E-state index in [0.29, 0.717) is 24.1 Å². The maximum Gasteiger partial charge on any atom is 0.274 e. The van der Waals surface area contributed by atoms with Crippen LogP contribution in [0.3, 0.4) is 0 Å². The van der Waals surface area contributed by atoms with Crippen LogP contribution >= 0.6 is 11.3 Å². The highest BCUT2D eigenvalue weighted by atomic mass is 32.1. The third kappa shape index (κ3) is 2.48. The van der Waals surface area contributed by atoms with Crippen LogP contribution in [0.15, 0.2) is 24.3 Å². The Balaban J connectivity index is 1.69. The number of nitrogens with zero attached hydrogens (tertiary/aromatic N) is 2. The van der Waals surface area contributed by atoms with Crippen molar-refractivity contribution in [2.24, 2.45) is 17.6 Å². The van der Waals surface area contributed by atoms with Crippen molar-refractivity contribution in [1.29, 1.82) is 0 Å². The number of nitrogens with two attached hydrogens (primary N) is 1. The van der Waals surface area contributed by atoms with Gasteiger partial charge in [-0.2, -0.15) is 0 Å². The molecule has 3 atom stereocenters. The lowest BCUT2D eigenvalue weighted by molar-refractivity contribution is 0.0708. The Morgan fingerprint density at radius 2 is 2.09 bits per heavy atom. The van der Waals surface area contributed by atoms with Crippen molar-refractivity contribution in [3.05, 3.63) is 40.5 Å². The van der Waals surface area contributed by atoms with E-state index in [1.165, 1.54) is 12.0 Å². The quantitative estimate of drug-likeness (QED) is 0.943. The lowest BCUT2D eigenvalue weighted by Gasteiger charge is -2.26. The maximum absolute atomic E-state index is 13.1. The van der Waals surface area contributed by atoms with Crippen LogP contribution in [0.2, 0.25) is 0 Å². The zero-order valence-corrected chi connectivity index (χ0v) is 14.3. The minimum Gasteiger partial charge on any atom is -0.332 e. The number of carbonyl (C=O) groups is 1. The van der Waals surface area contributed by atoms with Gasteiger partial charge in [-0.3, -0.25) is 4.79 Å². The van der Waals surface area contributed by atoms with Gasteiger partial charge in [-0.25, -0.2) is 4.98 Å². The SMILES string of the molecule is Cc1ccc(-c2sc(C)nc2C(=O)N2C[C@@H]3C[C@@H]3[C@H]2CN)cc1. The van der Waals surface area contributed by atoms with Gasteiger partial charge in [0.2, 0.25) is 0 Å². The summed E-state index contributed by atoms with van der Waals surface area (Å²) >= 11 is 1.59. The van der Waals surface area contributed by atoms with Gasteiger partial charge in [-0.15, -0.1) is 11.3 Å². The van der Waals surface area contributed by atoms with Crippen molar-refractivity contribution in [1.82, 2.24) is 9.88 Å². The minimum atomic E-state index is 0.0487. The Labute approximate surface area is 140 Å². The molecule has 2 aliphatic rings. The van der Waals surface area contributed by atoms with Crippen LogP contribution in [-0.4, -0.2) is 34.9 Å². The molecular formula is C18H21N3OS. The zero-order chi connectivity index (χ0) is 16.1. The van der Waals surface area contributed by atoms with Gasteiger partial charge in [-0.05, 0) is 37.7 Å².